The number of fused-ring (bicyclic) bond motifs is 1. The predicted octanol–water partition coefficient (Wildman–Crippen LogP) is 2.75. The molecule has 0 saturated heterocycles. The summed E-state index contributed by atoms with van der Waals surface area (Å²) in [6.45, 7) is 3.00. The second-order valence-corrected chi connectivity index (χ2v) is 6.12. The van der Waals surface area contributed by atoms with E-state index < -0.39 is 0 Å². The van der Waals surface area contributed by atoms with Gasteiger partial charge in [0.1, 0.15) is 5.65 Å². The first-order chi connectivity index (χ1) is 10.2. The zero-order chi connectivity index (χ0) is 14.7. The van der Waals surface area contributed by atoms with E-state index in [0.29, 0.717) is 18.5 Å². The summed E-state index contributed by atoms with van der Waals surface area (Å²) in [5.41, 5.74) is 1.55. The molecule has 4 heteroatoms. The molecule has 0 aromatic carbocycles. The first-order valence-corrected chi connectivity index (χ1v) is 7.95. The summed E-state index contributed by atoms with van der Waals surface area (Å²) >= 11 is 0. The Bertz CT molecular complexity index is 664. The lowest BCUT2D eigenvalue weighted by atomic mass is 9.97. The Morgan fingerprint density at radius 3 is 3.05 bits per heavy atom. The van der Waals surface area contributed by atoms with Crippen molar-refractivity contribution in [3.05, 3.63) is 46.5 Å². The number of aromatic nitrogens is 2. The highest BCUT2D eigenvalue weighted by atomic mass is 16.1. The molecular weight excluding hydrogens is 262 g/mol. The predicted molar refractivity (Wildman–Crippen MR) is 84.3 cm³/mol. The Balaban J connectivity index is 1.74. The first-order valence-electron chi connectivity index (χ1n) is 7.95. The van der Waals surface area contributed by atoms with E-state index in [1.807, 2.05) is 18.2 Å². The minimum absolute atomic E-state index is 0.00804. The van der Waals surface area contributed by atoms with Gasteiger partial charge in [0.2, 0.25) is 0 Å². The summed E-state index contributed by atoms with van der Waals surface area (Å²) in [6, 6.07) is 7.82. The largest absolute Gasteiger partial charge is 0.308 e. The van der Waals surface area contributed by atoms with E-state index in [0.717, 1.165) is 11.3 Å². The van der Waals surface area contributed by atoms with Crippen molar-refractivity contribution in [2.45, 2.75) is 51.6 Å². The topological polar surface area (TPSA) is 46.4 Å². The van der Waals surface area contributed by atoms with Gasteiger partial charge < -0.3 is 5.32 Å². The third-order valence-corrected chi connectivity index (χ3v) is 4.53. The van der Waals surface area contributed by atoms with Gasteiger partial charge in [-0.3, -0.25) is 9.20 Å². The molecule has 2 heterocycles. The summed E-state index contributed by atoms with van der Waals surface area (Å²) in [6.07, 6.45) is 8.28. The molecule has 112 valence electrons. The molecule has 3 rings (SSSR count). The van der Waals surface area contributed by atoms with Gasteiger partial charge in [-0.2, -0.15) is 0 Å². The molecule has 0 amide bonds. The molecule has 1 aliphatic rings. The molecule has 21 heavy (non-hydrogen) atoms. The zero-order valence-electron chi connectivity index (χ0n) is 12.6. The second-order valence-electron chi connectivity index (χ2n) is 6.12. The molecule has 0 aliphatic heterocycles. The molecule has 0 bridgehead atoms. The maximum atomic E-state index is 12.1. The van der Waals surface area contributed by atoms with Crippen LogP contribution in [0, 0.1) is 5.92 Å². The lowest BCUT2D eigenvalue weighted by Gasteiger charge is -2.22. The van der Waals surface area contributed by atoms with Crippen molar-refractivity contribution in [3.63, 3.8) is 0 Å². The molecule has 1 N–H and O–H groups in total. The van der Waals surface area contributed by atoms with Crippen LogP contribution in [0.4, 0.5) is 0 Å². The van der Waals surface area contributed by atoms with Crippen molar-refractivity contribution in [1.29, 1.82) is 0 Å². The molecule has 4 nitrogen and oxygen atoms in total. The zero-order valence-corrected chi connectivity index (χ0v) is 12.6. The van der Waals surface area contributed by atoms with Gasteiger partial charge in [-0.25, -0.2) is 4.98 Å². The van der Waals surface area contributed by atoms with E-state index in [9.17, 15) is 4.79 Å². The fourth-order valence-corrected chi connectivity index (χ4v) is 3.23. The molecule has 2 atom stereocenters. The SMILES string of the molecule is CC1CCCCCC1NCc1cc(=O)n2ccccc2n1. The summed E-state index contributed by atoms with van der Waals surface area (Å²) in [4.78, 5) is 16.6. The van der Waals surface area contributed by atoms with Crippen molar-refractivity contribution in [2.75, 3.05) is 0 Å². The number of hydrogen-bond acceptors (Lipinski definition) is 3. The van der Waals surface area contributed by atoms with Crippen LogP contribution in [0.2, 0.25) is 0 Å². The monoisotopic (exact) mass is 285 g/mol. The van der Waals surface area contributed by atoms with Crippen molar-refractivity contribution in [2.24, 2.45) is 5.92 Å². The number of nitrogens with one attached hydrogen (secondary N) is 1. The van der Waals surface area contributed by atoms with Crippen LogP contribution in [0.25, 0.3) is 5.65 Å². The number of hydrogen-bond donors (Lipinski definition) is 1. The molecule has 2 aromatic rings. The van der Waals surface area contributed by atoms with Gasteiger partial charge in [0, 0.05) is 24.8 Å². The van der Waals surface area contributed by atoms with Crippen LogP contribution in [-0.4, -0.2) is 15.4 Å². The van der Waals surface area contributed by atoms with Crippen LogP contribution in [0.1, 0.15) is 44.7 Å². The molecule has 0 radical (unpaired) electrons. The second kappa shape index (κ2) is 6.39. The van der Waals surface area contributed by atoms with Gasteiger partial charge in [-0.05, 0) is 30.9 Å². The summed E-state index contributed by atoms with van der Waals surface area (Å²) in [5.74, 6) is 0.703. The van der Waals surface area contributed by atoms with Gasteiger partial charge in [-0.1, -0.05) is 32.3 Å². The third-order valence-electron chi connectivity index (χ3n) is 4.53. The van der Waals surface area contributed by atoms with Gasteiger partial charge in [0.25, 0.3) is 5.56 Å². The highest BCUT2D eigenvalue weighted by molar-refractivity contribution is 5.37. The van der Waals surface area contributed by atoms with Gasteiger partial charge >= 0.3 is 0 Å². The van der Waals surface area contributed by atoms with Crippen LogP contribution >= 0.6 is 0 Å². The number of nitrogens with zero attached hydrogens (tertiary/aromatic N) is 2. The Morgan fingerprint density at radius 2 is 2.14 bits per heavy atom. The van der Waals surface area contributed by atoms with E-state index in [1.54, 1.807) is 16.7 Å². The molecule has 0 spiro atoms. The summed E-state index contributed by atoms with van der Waals surface area (Å²) in [5, 5.41) is 3.61. The average Bonchev–Trinajstić information content (AvgIpc) is 2.70. The van der Waals surface area contributed by atoms with Gasteiger partial charge in [0.15, 0.2) is 0 Å². The quantitative estimate of drug-likeness (QED) is 0.882. The smallest absolute Gasteiger partial charge is 0.258 e. The molecular formula is C17H23N3O. The first kappa shape index (κ1) is 14.3. The molecule has 1 fully saturated rings. The Labute approximate surface area is 125 Å². The van der Waals surface area contributed by atoms with Crippen molar-refractivity contribution < 1.29 is 0 Å². The van der Waals surface area contributed by atoms with Gasteiger partial charge in [0.05, 0.1) is 5.69 Å². The van der Waals surface area contributed by atoms with E-state index in [4.69, 9.17) is 0 Å². The minimum atomic E-state index is -0.00804. The lowest BCUT2D eigenvalue weighted by Crippen LogP contribution is -2.34. The van der Waals surface area contributed by atoms with Crippen molar-refractivity contribution in [3.8, 4) is 0 Å². The van der Waals surface area contributed by atoms with Crippen LogP contribution < -0.4 is 10.9 Å². The molecule has 2 unspecified atom stereocenters. The molecule has 1 aliphatic carbocycles. The third kappa shape index (κ3) is 3.32. The Morgan fingerprint density at radius 1 is 1.29 bits per heavy atom. The standard InChI is InChI=1S/C17H23N3O/c1-13-7-3-2-4-8-15(13)18-12-14-11-17(21)20-10-6-5-9-16(20)19-14/h5-6,9-11,13,15,18H,2-4,7-8,12H2,1H3. The number of pyridine rings is 1. The van der Waals surface area contributed by atoms with Crippen LogP contribution in [0.5, 0.6) is 0 Å². The lowest BCUT2D eigenvalue weighted by molar-refractivity contribution is 0.354. The summed E-state index contributed by atoms with van der Waals surface area (Å²) in [7, 11) is 0. The van der Waals surface area contributed by atoms with Crippen LogP contribution in [-0.2, 0) is 6.54 Å². The molecule has 2 aromatic heterocycles. The van der Waals surface area contributed by atoms with E-state index in [-0.39, 0.29) is 5.56 Å². The van der Waals surface area contributed by atoms with Crippen LogP contribution in [0.15, 0.2) is 35.3 Å². The minimum Gasteiger partial charge on any atom is -0.308 e. The normalized spacial score (nSPS) is 23.1. The molecule has 1 saturated carbocycles. The average molecular weight is 285 g/mol. The van der Waals surface area contributed by atoms with E-state index >= 15 is 0 Å². The number of rotatable bonds is 3. The Kier molecular flexibility index (Phi) is 4.34. The van der Waals surface area contributed by atoms with Gasteiger partial charge in [-0.15, -0.1) is 0 Å². The summed E-state index contributed by atoms with van der Waals surface area (Å²) < 4.78 is 1.58. The highest BCUT2D eigenvalue weighted by Gasteiger charge is 2.19. The van der Waals surface area contributed by atoms with Crippen molar-refractivity contribution >= 4 is 5.65 Å². The fraction of sp³-hybridized carbons (Fsp3) is 0.529. The van der Waals surface area contributed by atoms with Crippen molar-refractivity contribution in [1.82, 2.24) is 14.7 Å². The highest BCUT2D eigenvalue weighted by Crippen LogP contribution is 2.23. The maximum Gasteiger partial charge on any atom is 0.258 e. The van der Waals surface area contributed by atoms with E-state index in [1.165, 1.54) is 32.1 Å². The van der Waals surface area contributed by atoms with E-state index in [2.05, 4.69) is 17.2 Å². The van der Waals surface area contributed by atoms with Crippen LogP contribution in [0.3, 0.4) is 0 Å². The Hall–Kier alpha value is -1.68. The maximum absolute atomic E-state index is 12.1. The fourth-order valence-electron chi connectivity index (χ4n) is 3.23.